The number of halogens is 2. The molecule has 2 aliphatic rings. The Morgan fingerprint density at radius 1 is 1.11 bits per heavy atom. The Kier molecular flexibility index (Phi) is 6.96. The van der Waals surface area contributed by atoms with Gasteiger partial charge in [-0.1, -0.05) is 17.7 Å². The number of rotatable bonds is 3. The summed E-state index contributed by atoms with van der Waals surface area (Å²) in [6.07, 6.45) is 2.96. The van der Waals surface area contributed by atoms with E-state index in [2.05, 4.69) is 15.2 Å². The van der Waals surface area contributed by atoms with E-state index in [9.17, 15) is 14.0 Å². The second kappa shape index (κ2) is 10.3. The zero-order valence-electron chi connectivity index (χ0n) is 20.0. The van der Waals surface area contributed by atoms with E-state index in [1.165, 1.54) is 19.1 Å². The summed E-state index contributed by atoms with van der Waals surface area (Å²) < 4.78 is 19.4. The zero-order chi connectivity index (χ0) is 25.2. The summed E-state index contributed by atoms with van der Waals surface area (Å²) in [7, 11) is 0. The van der Waals surface area contributed by atoms with Crippen LogP contribution in [0.3, 0.4) is 0 Å². The van der Waals surface area contributed by atoms with Gasteiger partial charge in [0.2, 0.25) is 0 Å². The maximum atomic E-state index is 13.9. The summed E-state index contributed by atoms with van der Waals surface area (Å²) in [6, 6.07) is 12.0. The summed E-state index contributed by atoms with van der Waals surface area (Å²) >= 11 is 6.12. The van der Waals surface area contributed by atoms with Gasteiger partial charge in [-0.05, 0) is 60.4 Å². The predicted molar refractivity (Wildman–Crippen MR) is 137 cm³/mol. The molecule has 0 radical (unpaired) electrons. The van der Waals surface area contributed by atoms with Crippen molar-refractivity contribution in [2.45, 2.75) is 38.3 Å². The molecule has 1 aliphatic heterocycles. The van der Waals surface area contributed by atoms with E-state index in [1.54, 1.807) is 12.3 Å². The standard InChI is InChI=1S/C27H28ClFN4O3/c1-17(34)36-26-16-21(6-3-18-2-5-20(29)15-23(18)26)31-27(35)33-12-10-32(11-13-33)25-8-9-30-24-14-19(28)4-7-22(24)25/h2,4-5,7-9,14-15,21,26H,3,6,10-13,16H2,1H3,(H,31,35). The number of anilines is 1. The molecule has 1 aliphatic carbocycles. The first-order chi connectivity index (χ1) is 17.4. The van der Waals surface area contributed by atoms with Crippen LogP contribution in [0, 0.1) is 5.82 Å². The number of pyridine rings is 1. The second-order valence-electron chi connectivity index (χ2n) is 9.33. The topological polar surface area (TPSA) is 74.8 Å². The fraction of sp³-hybridized carbons (Fsp3) is 0.370. The minimum Gasteiger partial charge on any atom is -0.458 e. The fourth-order valence-electron chi connectivity index (χ4n) is 5.17. The number of amides is 2. The molecule has 0 bridgehead atoms. The normalized spacial score (nSPS) is 20.0. The van der Waals surface area contributed by atoms with Crippen molar-refractivity contribution in [1.82, 2.24) is 15.2 Å². The van der Waals surface area contributed by atoms with Crippen LogP contribution in [0.5, 0.6) is 0 Å². The zero-order valence-corrected chi connectivity index (χ0v) is 20.8. The molecule has 1 N–H and O–H groups in total. The summed E-state index contributed by atoms with van der Waals surface area (Å²) in [5.41, 5.74) is 3.55. The van der Waals surface area contributed by atoms with Crippen molar-refractivity contribution in [1.29, 1.82) is 0 Å². The highest BCUT2D eigenvalue weighted by atomic mass is 35.5. The molecular formula is C27H28ClFN4O3. The monoisotopic (exact) mass is 510 g/mol. The van der Waals surface area contributed by atoms with Gasteiger partial charge in [0.05, 0.1) is 5.52 Å². The number of piperazine rings is 1. The maximum absolute atomic E-state index is 13.9. The number of esters is 1. The quantitative estimate of drug-likeness (QED) is 0.402. The fourth-order valence-corrected chi connectivity index (χ4v) is 5.33. The van der Waals surface area contributed by atoms with Crippen molar-refractivity contribution in [2.24, 2.45) is 0 Å². The van der Waals surface area contributed by atoms with Gasteiger partial charge in [-0.2, -0.15) is 0 Å². The van der Waals surface area contributed by atoms with Crippen LogP contribution in [-0.4, -0.2) is 54.1 Å². The highest BCUT2D eigenvalue weighted by Gasteiger charge is 2.30. The largest absolute Gasteiger partial charge is 0.458 e. The van der Waals surface area contributed by atoms with E-state index in [0.717, 1.165) is 22.2 Å². The smallest absolute Gasteiger partial charge is 0.317 e. The molecular weight excluding hydrogens is 483 g/mol. The molecule has 3 aromatic rings. The van der Waals surface area contributed by atoms with E-state index in [0.29, 0.717) is 56.0 Å². The molecule has 1 saturated heterocycles. The van der Waals surface area contributed by atoms with Gasteiger partial charge in [0, 0.05) is 67.9 Å². The Balaban J connectivity index is 1.23. The predicted octanol–water partition coefficient (Wildman–Crippen LogP) is 4.87. The molecule has 0 spiro atoms. The van der Waals surface area contributed by atoms with E-state index < -0.39 is 12.1 Å². The van der Waals surface area contributed by atoms with Gasteiger partial charge < -0.3 is 19.9 Å². The lowest BCUT2D eigenvalue weighted by atomic mass is 10.0. The Bertz CT molecular complexity index is 1300. The number of hydrogen-bond acceptors (Lipinski definition) is 5. The summed E-state index contributed by atoms with van der Waals surface area (Å²) in [6.45, 7) is 3.89. The summed E-state index contributed by atoms with van der Waals surface area (Å²) in [5.74, 6) is -0.791. The molecule has 1 aromatic heterocycles. The summed E-state index contributed by atoms with van der Waals surface area (Å²) in [4.78, 5) is 33.3. The Morgan fingerprint density at radius 3 is 2.69 bits per heavy atom. The number of nitrogens with zero attached hydrogens (tertiary/aromatic N) is 3. The molecule has 7 nitrogen and oxygen atoms in total. The van der Waals surface area contributed by atoms with E-state index in [-0.39, 0.29) is 17.9 Å². The van der Waals surface area contributed by atoms with Gasteiger partial charge in [0.1, 0.15) is 11.9 Å². The molecule has 1 fully saturated rings. The number of fused-ring (bicyclic) bond motifs is 2. The lowest BCUT2D eigenvalue weighted by molar-refractivity contribution is -0.147. The van der Waals surface area contributed by atoms with Crippen LogP contribution in [0.25, 0.3) is 10.9 Å². The van der Waals surface area contributed by atoms with Crippen molar-refractivity contribution in [3.63, 3.8) is 0 Å². The first-order valence-electron chi connectivity index (χ1n) is 12.2. The molecule has 2 unspecified atom stereocenters. The number of urea groups is 1. The molecule has 5 rings (SSSR count). The van der Waals surface area contributed by atoms with Crippen LogP contribution in [0.2, 0.25) is 5.02 Å². The van der Waals surface area contributed by atoms with Crippen LogP contribution < -0.4 is 10.2 Å². The lowest BCUT2D eigenvalue weighted by Gasteiger charge is -2.37. The van der Waals surface area contributed by atoms with Gasteiger partial charge in [-0.25, -0.2) is 9.18 Å². The van der Waals surface area contributed by atoms with Gasteiger partial charge >= 0.3 is 12.0 Å². The number of benzene rings is 2. The van der Waals surface area contributed by atoms with Gasteiger partial charge in [-0.3, -0.25) is 9.78 Å². The van der Waals surface area contributed by atoms with Crippen molar-refractivity contribution in [3.05, 3.63) is 70.6 Å². The number of ether oxygens (including phenoxy) is 1. The Hall–Kier alpha value is -3.39. The Labute approximate surface area is 214 Å². The number of carbonyl (C=O) groups is 2. The first-order valence-corrected chi connectivity index (χ1v) is 12.6. The minimum atomic E-state index is -0.591. The molecule has 2 amide bonds. The number of hydrogen-bond donors (Lipinski definition) is 1. The van der Waals surface area contributed by atoms with Gasteiger partial charge in [0.15, 0.2) is 0 Å². The van der Waals surface area contributed by atoms with Crippen LogP contribution in [0.1, 0.15) is 37.0 Å². The number of aromatic nitrogens is 1. The summed E-state index contributed by atoms with van der Waals surface area (Å²) in [5, 5.41) is 4.81. The van der Waals surface area contributed by atoms with Crippen molar-refractivity contribution < 1.29 is 18.7 Å². The molecule has 0 saturated carbocycles. The van der Waals surface area contributed by atoms with Crippen molar-refractivity contribution in [2.75, 3.05) is 31.1 Å². The third-order valence-electron chi connectivity index (χ3n) is 6.94. The van der Waals surface area contributed by atoms with Crippen LogP contribution in [-0.2, 0) is 16.0 Å². The average molecular weight is 511 g/mol. The van der Waals surface area contributed by atoms with Gasteiger partial charge in [0.25, 0.3) is 0 Å². The molecule has 9 heteroatoms. The molecule has 2 heterocycles. The highest BCUT2D eigenvalue weighted by molar-refractivity contribution is 6.31. The van der Waals surface area contributed by atoms with E-state index in [1.807, 2.05) is 29.2 Å². The Morgan fingerprint density at radius 2 is 1.92 bits per heavy atom. The molecule has 2 aromatic carbocycles. The highest BCUT2D eigenvalue weighted by Crippen LogP contribution is 2.33. The SMILES string of the molecule is CC(=O)OC1CC(NC(=O)N2CCN(c3ccnc4cc(Cl)ccc34)CC2)CCc2ccc(F)cc21. The maximum Gasteiger partial charge on any atom is 0.317 e. The van der Waals surface area contributed by atoms with Crippen molar-refractivity contribution >= 4 is 40.2 Å². The molecule has 2 atom stereocenters. The number of nitrogens with one attached hydrogen (secondary N) is 1. The number of carbonyl (C=O) groups excluding carboxylic acids is 2. The minimum absolute atomic E-state index is 0.135. The third-order valence-corrected chi connectivity index (χ3v) is 7.18. The second-order valence-corrected chi connectivity index (χ2v) is 9.76. The van der Waals surface area contributed by atoms with Gasteiger partial charge in [-0.15, -0.1) is 0 Å². The lowest BCUT2D eigenvalue weighted by Crippen LogP contribution is -2.53. The first kappa shape index (κ1) is 24.3. The van der Waals surface area contributed by atoms with E-state index >= 15 is 0 Å². The number of aryl methyl sites for hydroxylation is 1. The molecule has 188 valence electrons. The van der Waals surface area contributed by atoms with Crippen molar-refractivity contribution in [3.8, 4) is 0 Å². The van der Waals surface area contributed by atoms with Crippen LogP contribution >= 0.6 is 11.6 Å². The third kappa shape index (κ3) is 5.23. The van der Waals surface area contributed by atoms with Crippen LogP contribution in [0.4, 0.5) is 14.9 Å². The molecule has 36 heavy (non-hydrogen) atoms. The average Bonchev–Trinajstić information content (AvgIpc) is 3.02. The van der Waals surface area contributed by atoms with E-state index in [4.69, 9.17) is 16.3 Å². The van der Waals surface area contributed by atoms with Crippen LogP contribution in [0.15, 0.2) is 48.7 Å².